The third kappa shape index (κ3) is 3.77. The largest absolute Gasteiger partial charge is 0.497 e. The predicted molar refractivity (Wildman–Crippen MR) is 106 cm³/mol. The lowest BCUT2D eigenvalue weighted by molar-refractivity contribution is -0.118. The number of carbonyl (C=O) groups is 1. The molecule has 0 spiro atoms. The average Bonchev–Trinajstić information content (AvgIpc) is 2.70. The molecule has 2 aromatic carbocycles. The molecule has 142 valence electrons. The van der Waals surface area contributed by atoms with Gasteiger partial charge in [-0.3, -0.25) is 4.79 Å². The van der Waals surface area contributed by atoms with Gasteiger partial charge in [-0.1, -0.05) is 12.1 Å². The highest BCUT2D eigenvalue weighted by molar-refractivity contribution is 6.05. The maximum absolute atomic E-state index is 12.6. The first-order valence-electron chi connectivity index (χ1n) is 8.97. The first-order chi connectivity index (χ1) is 13.1. The molecule has 1 heterocycles. The van der Waals surface area contributed by atoms with Crippen LogP contribution in [0.3, 0.4) is 0 Å². The lowest BCUT2D eigenvalue weighted by Gasteiger charge is -2.22. The van der Waals surface area contributed by atoms with Crippen molar-refractivity contribution < 1.29 is 19.0 Å². The topological polar surface area (TPSA) is 56.8 Å². The standard InChI is InChI=1S/C22H25NO4/c1-14-12-19(26-3)20(27-4)13-18(14)21(17-6-5-11-23-22(17)24)15-7-9-16(25-2)10-8-15/h7-10,12-13H,5-6,11H2,1-4H3,(H,23,24)/b21-17+. The van der Waals surface area contributed by atoms with Crippen molar-refractivity contribution in [1.82, 2.24) is 5.32 Å². The lowest BCUT2D eigenvalue weighted by atomic mass is 9.87. The highest BCUT2D eigenvalue weighted by Gasteiger charge is 2.23. The minimum absolute atomic E-state index is 0.0127. The van der Waals surface area contributed by atoms with Gasteiger partial charge in [0.1, 0.15) is 5.75 Å². The average molecular weight is 367 g/mol. The van der Waals surface area contributed by atoms with Crippen LogP contribution in [0.2, 0.25) is 0 Å². The van der Waals surface area contributed by atoms with Crippen molar-refractivity contribution in [3.63, 3.8) is 0 Å². The normalized spacial score (nSPS) is 15.8. The van der Waals surface area contributed by atoms with Crippen LogP contribution in [0.15, 0.2) is 42.0 Å². The number of rotatable bonds is 5. The van der Waals surface area contributed by atoms with E-state index in [1.165, 1.54) is 0 Å². The lowest BCUT2D eigenvalue weighted by Crippen LogP contribution is -2.31. The van der Waals surface area contributed by atoms with Gasteiger partial charge >= 0.3 is 0 Å². The molecule has 5 nitrogen and oxygen atoms in total. The number of piperidine rings is 1. The number of aryl methyl sites for hydroxylation is 1. The molecule has 1 N–H and O–H groups in total. The Morgan fingerprint density at radius 1 is 0.963 bits per heavy atom. The number of hydrogen-bond donors (Lipinski definition) is 1. The molecule has 0 bridgehead atoms. The fraction of sp³-hybridized carbons (Fsp3) is 0.318. The van der Waals surface area contributed by atoms with E-state index in [2.05, 4.69) is 5.32 Å². The predicted octanol–water partition coefficient (Wildman–Crippen LogP) is 3.73. The first kappa shape index (κ1) is 18.8. The zero-order valence-electron chi connectivity index (χ0n) is 16.2. The van der Waals surface area contributed by atoms with Gasteiger partial charge in [0.15, 0.2) is 11.5 Å². The van der Waals surface area contributed by atoms with E-state index in [0.29, 0.717) is 18.0 Å². The molecule has 1 fully saturated rings. The summed E-state index contributed by atoms with van der Waals surface area (Å²) in [5.74, 6) is 2.08. The molecule has 1 aliphatic heterocycles. The Labute approximate surface area is 159 Å². The van der Waals surface area contributed by atoms with Gasteiger partial charge in [-0.2, -0.15) is 0 Å². The zero-order chi connectivity index (χ0) is 19.4. The highest BCUT2D eigenvalue weighted by atomic mass is 16.5. The van der Waals surface area contributed by atoms with Gasteiger partial charge in [0.05, 0.1) is 21.3 Å². The summed E-state index contributed by atoms with van der Waals surface area (Å²) >= 11 is 0. The summed E-state index contributed by atoms with van der Waals surface area (Å²) in [5.41, 5.74) is 4.67. The van der Waals surface area contributed by atoms with Crippen molar-refractivity contribution in [1.29, 1.82) is 0 Å². The molecule has 0 aromatic heterocycles. The molecule has 2 aromatic rings. The first-order valence-corrected chi connectivity index (χ1v) is 8.97. The molecule has 1 saturated heterocycles. The Balaban J connectivity index is 2.24. The Morgan fingerprint density at radius 2 is 1.63 bits per heavy atom. The van der Waals surface area contributed by atoms with Crippen molar-refractivity contribution in [2.45, 2.75) is 19.8 Å². The number of carbonyl (C=O) groups excluding carboxylic acids is 1. The summed E-state index contributed by atoms with van der Waals surface area (Å²) in [4.78, 5) is 12.6. The van der Waals surface area contributed by atoms with Crippen LogP contribution in [-0.4, -0.2) is 33.8 Å². The molecule has 27 heavy (non-hydrogen) atoms. The highest BCUT2D eigenvalue weighted by Crippen LogP contribution is 2.38. The van der Waals surface area contributed by atoms with E-state index in [-0.39, 0.29) is 5.91 Å². The fourth-order valence-electron chi connectivity index (χ4n) is 3.43. The minimum Gasteiger partial charge on any atom is -0.497 e. The fourth-order valence-corrected chi connectivity index (χ4v) is 3.43. The van der Waals surface area contributed by atoms with Crippen molar-refractivity contribution >= 4 is 11.5 Å². The molecule has 0 saturated carbocycles. The maximum atomic E-state index is 12.6. The third-order valence-electron chi connectivity index (χ3n) is 4.84. The Hall–Kier alpha value is -2.95. The van der Waals surface area contributed by atoms with Gasteiger partial charge in [0.2, 0.25) is 5.91 Å². The molecule has 3 rings (SSSR count). The van der Waals surface area contributed by atoms with Crippen LogP contribution in [0, 0.1) is 6.92 Å². The van der Waals surface area contributed by atoms with E-state index < -0.39 is 0 Å². The van der Waals surface area contributed by atoms with Crippen LogP contribution in [0.4, 0.5) is 0 Å². The summed E-state index contributed by atoms with van der Waals surface area (Å²) in [6.45, 7) is 2.73. The van der Waals surface area contributed by atoms with Crippen LogP contribution in [-0.2, 0) is 4.79 Å². The van der Waals surface area contributed by atoms with E-state index in [1.54, 1.807) is 21.3 Å². The molecular weight excluding hydrogens is 342 g/mol. The summed E-state index contributed by atoms with van der Waals surface area (Å²) in [5, 5.41) is 2.97. The summed E-state index contributed by atoms with van der Waals surface area (Å²) in [6.07, 6.45) is 1.66. The number of benzene rings is 2. The molecular formula is C22H25NO4. The van der Waals surface area contributed by atoms with Crippen LogP contribution in [0.1, 0.15) is 29.5 Å². The molecule has 1 amide bonds. The van der Waals surface area contributed by atoms with Gasteiger partial charge in [-0.25, -0.2) is 0 Å². The quantitative estimate of drug-likeness (QED) is 0.818. The smallest absolute Gasteiger partial charge is 0.247 e. The van der Waals surface area contributed by atoms with Gasteiger partial charge < -0.3 is 19.5 Å². The van der Waals surface area contributed by atoms with Crippen molar-refractivity contribution in [3.05, 3.63) is 58.7 Å². The molecule has 0 radical (unpaired) electrons. The number of methoxy groups -OCH3 is 3. The number of amides is 1. The monoisotopic (exact) mass is 367 g/mol. The van der Waals surface area contributed by atoms with Gasteiger partial charge in [0, 0.05) is 12.1 Å². The Morgan fingerprint density at radius 3 is 2.22 bits per heavy atom. The van der Waals surface area contributed by atoms with Crippen molar-refractivity contribution in [2.75, 3.05) is 27.9 Å². The Bertz CT molecular complexity index is 869. The van der Waals surface area contributed by atoms with E-state index >= 15 is 0 Å². The van der Waals surface area contributed by atoms with E-state index in [1.807, 2.05) is 43.3 Å². The zero-order valence-corrected chi connectivity index (χ0v) is 16.2. The Kier molecular flexibility index (Phi) is 5.69. The number of nitrogens with one attached hydrogen (secondary N) is 1. The van der Waals surface area contributed by atoms with Crippen LogP contribution >= 0.6 is 0 Å². The van der Waals surface area contributed by atoms with Gasteiger partial charge in [-0.05, 0) is 66.3 Å². The second-order valence-electron chi connectivity index (χ2n) is 6.46. The summed E-state index contributed by atoms with van der Waals surface area (Å²) in [6, 6.07) is 11.7. The molecule has 0 unspecified atom stereocenters. The molecule has 0 atom stereocenters. The molecule has 5 heteroatoms. The molecule has 1 aliphatic rings. The maximum Gasteiger partial charge on any atom is 0.247 e. The van der Waals surface area contributed by atoms with Crippen LogP contribution in [0.25, 0.3) is 5.57 Å². The number of hydrogen-bond acceptors (Lipinski definition) is 4. The minimum atomic E-state index is -0.0127. The SMILES string of the molecule is COc1ccc(/C(=C2/CCCNC2=O)c2cc(OC)c(OC)cc2C)cc1. The second-order valence-corrected chi connectivity index (χ2v) is 6.46. The van der Waals surface area contributed by atoms with Crippen LogP contribution in [0.5, 0.6) is 17.2 Å². The second kappa shape index (κ2) is 8.16. The summed E-state index contributed by atoms with van der Waals surface area (Å²) < 4.78 is 16.2. The van der Waals surface area contributed by atoms with Gasteiger partial charge in [0.25, 0.3) is 0 Å². The van der Waals surface area contributed by atoms with E-state index in [0.717, 1.165) is 46.4 Å². The summed E-state index contributed by atoms with van der Waals surface area (Å²) in [7, 11) is 4.88. The third-order valence-corrected chi connectivity index (χ3v) is 4.84. The van der Waals surface area contributed by atoms with Gasteiger partial charge in [-0.15, -0.1) is 0 Å². The number of ether oxygens (including phenoxy) is 3. The van der Waals surface area contributed by atoms with E-state index in [4.69, 9.17) is 14.2 Å². The van der Waals surface area contributed by atoms with Crippen molar-refractivity contribution in [3.8, 4) is 17.2 Å². The van der Waals surface area contributed by atoms with E-state index in [9.17, 15) is 4.79 Å². The van der Waals surface area contributed by atoms with Crippen molar-refractivity contribution in [2.24, 2.45) is 0 Å². The van der Waals surface area contributed by atoms with Crippen LogP contribution < -0.4 is 19.5 Å². The molecule has 0 aliphatic carbocycles.